The number of nitrogens with zero attached hydrogens (tertiary/aromatic N) is 4. The number of pyridine rings is 3. The van der Waals surface area contributed by atoms with E-state index in [-0.39, 0.29) is 5.56 Å². The van der Waals surface area contributed by atoms with E-state index in [4.69, 9.17) is 4.98 Å². The number of hydrogen-bond acceptors (Lipinski definition) is 3. The van der Waals surface area contributed by atoms with Gasteiger partial charge in [-0.2, -0.15) is 0 Å². The van der Waals surface area contributed by atoms with Crippen molar-refractivity contribution in [2.24, 2.45) is 0 Å². The van der Waals surface area contributed by atoms with E-state index in [1.165, 1.54) is 0 Å². The highest BCUT2D eigenvalue weighted by atomic mass is 79.9. The number of rotatable bonds is 1. The van der Waals surface area contributed by atoms with Crippen LogP contribution in [0.3, 0.4) is 0 Å². The van der Waals surface area contributed by atoms with E-state index in [1.54, 1.807) is 10.8 Å². The molecular formula is C19H11BrN4O. The minimum Gasteiger partial charge on any atom is -0.285 e. The fourth-order valence-electron chi connectivity index (χ4n) is 3.21. The molecule has 0 fully saturated rings. The molecule has 0 aliphatic rings. The Morgan fingerprint density at radius 1 is 0.920 bits per heavy atom. The molecule has 0 N–H and O–H groups in total. The summed E-state index contributed by atoms with van der Waals surface area (Å²) in [7, 11) is 0. The molecule has 0 saturated heterocycles. The van der Waals surface area contributed by atoms with Gasteiger partial charge in [0.2, 0.25) is 0 Å². The Balaban J connectivity index is 2.09. The predicted molar refractivity (Wildman–Crippen MR) is 101 cm³/mol. The normalized spacial score (nSPS) is 11.6. The first-order valence-corrected chi connectivity index (χ1v) is 8.56. The highest BCUT2D eigenvalue weighted by Gasteiger charge is 2.17. The van der Waals surface area contributed by atoms with Crippen LogP contribution in [0, 0.1) is 0 Å². The molecule has 1 aromatic carbocycles. The zero-order chi connectivity index (χ0) is 17.0. The fraction of sp³-hybridized carbons (Fsp3) is 0. The number of benzene rings is 1. The molecule has 6 heteroatoms. The molecule has 4 aromatic heterocycles. The molecule has 0 bridgehead atoms. The van der Waals surface area contributed by atoms with E-state index in [9.17, 15) is 4.79 Å². The molecule has 0 unspecified atom stereocenters. The van der Waals surface area contributed by atoms with Crippen molar-refractivity contribution in [3.05, 3.63) is 81.9 Å². The lowest BCUT2D eigenvalue weighted by molar-refractivity contribution is 0.998. The summed E-state index contributed by atoms with van der Waals surface area (Å²) in [5.41, 5.74) is 2.95. The summed E-state index contributed by atoms with van der Waals surface area (Å²) < 4.78 is 4.34. The Morgan fingerprint density at radius 3 is 2.52 bits per heavy atom. The van der Waals surface area contributed by atoms with Gasteiger partial charge in [0.15, 0.2) is 5.65 Å². The van der Waals surface area contributed by atoms with E-state index in [0.29, 0.717) is 11.1 Å². The lowest BCUT2D eigenvalue weighted by atomic mass is 10.1. The van der Waals surface area contributed by atoms with Crippen molar-refractivity contribution in [1.82, 2.24) is 18.9 Å². The van der Waals surface area contributed by atoms with Crippen LogP contribution in [0.1, 0.15) is 0 Å². The lowest BCUT2D eigenvalue weighted by Crippen LogP contribution is -2.20. The van der Waals surface area contributed by atoms with Crippen LogP contribution in [0.5, 0.6) is 0 Å². The molecule has 25 heavy (non-hydrogen) atoms. The highest BCUT2D eigenvalue weighted by Crippen LogP contribution is 2.25. The summed E-state index contributed by atoms with van der Waals surface area (Å²) in [5, 5.41) is 1.49. The molecule has 5 aromatic rings. The molecule has 0 spiro atoms. The number of aromatic nitrogens is 4. The van der Waals surface area contributed by atoms with E-state index in [0.717, 1.165) is 26.8 Å². The molecule has 0 radical (unpaired) electrons. The SMILES string of the molecule is O=c1c2ccccc2c2nc3ccccn3c2n1-c1ccc(Br)nc1. The van der Waals surface area contributed by atoms with Crippen LogP contribution in [0.15, 0.2) is 76.4 Å². The third-order valence-corrected chi connectivity index (χ3v) is 4.77. The predicted octanol–water partition coefficient (Wildman–Crippen LogP) is 3.95. The Kier molecular flexibility index (Phi) is 3.02. The van der Waals surface area contributed by atoms with Gasteiger partial charge in [0, 0.05) is 17.0 Å². The summed E-state index contributed by atoms with van der Waals surface area (Å²) in [4.78, 5) is 22.3. The van der Waals surface area contributed by atoms with Crippen molar-refractivity contribution in [3.63, 3.8) is 0 Å². The maximum absolute atomic E-state index is 13.3. The van der Waals surface area contributed by atoms with Crippen LogP contribution >= 0.6 is 15.9 Å². The Labute approximate surface area is 150 Å². The molecule has 4 heterocycles. The largest absolute Gasteiger partial charge is 0.285 e. The molecule has 0 saturated carbocycles. The molecule has 0 aliphatic heterocycles. The zero-order valence-electron chi connectivity index (χ0n) is 12.9. The average Bonchev–Trinajstić information content (AvgIpc) is 3.03. The average molecular weight is 391 g/mol. The summed E-state index contributed by atoms with van der Waals surface area (Å²) in [6, 6.07) is 17.1. The molecule has 5 rings (SSSR count). The number of fused-ring (bicyclic) bond motifs is 5. The summed E-state index contributed by atoms with van der Waals surface area (Å²) in [6.45, 7) is 0. The van der Waals surface area contributed by atoms with Gasteiger partial charge in [-0.05, 0) is 46.3 Å². The van der Waals surface area contributed by atoms with Crippen molar-refractivity contribution in [3.8, 4) is 5.69 Å². The first kappa shape index (κ1) is 14.4. The smallest absolute Gasteiger partial charge is 0.264 e. The minimum atomic E-state index is -0.0853. The van der Waals surface area contributed by atoms with Gasteiger partial charge in [-0.15, -0.1) is 0 Å². The minimum absolute atomic E-state index is 0.0853. The first-order valence-electron chi connectivity index (χ1n) is 7.76. The Hall–Kier alpha value is -2.99. The summed E-state index contributed by atoms with van der Waals surface area (Å²) in [6.07, 6.45) is 3.60. The van der Waals surface area contributed by atoms with E-state index in [1.807, 2.05) is 65.2 Å². The van der Waals surface area contributed by atoms with E-state index in [2.05, 4.69) is 20.9 Å². The van der Waals surface area contributed by atoms with E-state index >= 15 is 0 Å². The van der Waals surface area contributed by atoms with Gasteiger partial charge in [-0.25, -0.2) is 9.97 Å². The Bertz CT molecular complexity index is 1320. The van der Waals surface area contributed by atoms with Crippen LogP contribution in [-0.2, 0) is 0 Å². The van der Waals surface area contributed by atoms with Crippen molar-refractivity contribution in [2.75, 3.05) is 0 Å². The van der Waals surface area contributed by atoms with Crippen molar-refractivity contribution >= 4 is 43.5 Å². The van der Waals surface area contributed by atoms with E-state index < -0.39 is 0 Å². The fourth-order valence-corrected chi connectivity index (χ4v) is 3.44. The van der Waals surface area contributed by atoms with Crippen molar-refractivity contribution < 1.29 is 0 Å². The van der Waals surface area contributed by atoms with Gasteiger partial charge < -0.3 is 0 Å². The highest BCUT2D eigenvalue weighted by molar-refractivity contribution is 9.10. The topological polar surface area (TPSA) is 52.2 Å². The van der Waals surface area contributed by atoms with Crippen LogP contribution < -0.4 is 5.56 Å². The van der Waals surface area contributed by atoms with Crippen LogP contribution in [-0.4, -0.2) is 18.9 Å². The third kappa shape index (κ3) is 2.04. The van der Waals surface area contributed by atoms with Gasteiger partial charge in [-0.3, -0.25) is 13.8 Å². The number of halogens is 1. The Morgan fingerprint density at radius 2 is 1.72 bits per heavy atom. The van der Waals surface area contributed by atoms with Gasteiger partial charge in [0.05, 0.1) is 11.9 Å². The second-order valence-electron chi connectivity index (χ2n) is 5.74. The molecule has 0 atom stereocenters. The molecular weight excluding hydrogens is 380 g/mol. The van der Waals surface area contributed by atoms with Crippen LogP contribution in [0.4, 0.5) is 0 Å². The quantitative estimate of drug-likeness (QED) is 0.407. The summed E-state index contributed by atoms with van der Waals surface area (Å²) >= 11 is 3.34. The van der Waals surface area contributed by atoms with Gasteiger partial charge in [0.1, 0.15) is 15.8 Å². The summed E-state index contributed by atoms with van der Waals surface area (Å²) in [5.74, 6) is 0. The van der Waals surface area contributed by atoms with Crippen LogP contribution in [0.25, 0.3) is 33.3 Å². The second kappa shape index (κ2) is 5.26. The number of imidazole rings is 1. The zero-order valence-corrected chi connectivity index (χ0v) is 14.5. The molecule has 120 valence electrons. The number of hydrogen-bond donors (Lipinski definition) is 0. The first-order chi connectivity index (χ1) is 12.2. The maximum atomic E-state index is 13.3. The lowest BCUT2D eigenvalue weighted by Gasteiger charge is -2.10. The molecule has 0 aliphatic carbocycles. The van der Waals surface area contributed by atoms with Gasteiger partial charge >= 0.3 is 0 Å². The van der Waals surface area contributed by atoms with Gasteiger partial charge in [-0.1, -0.05) is 24.3 Å². The second-order valence-corrected chi connectivity index (χ2v) is 6.55. The molecule has 0 amide bonds. The van der Waals surface area contributed by atoms with Crippen LogP contribution in [0.2, 0.25) is 0 Å². The van der Waals surface area contributed by atoms with Crippen molar-refractivity contribution in [2.45, 2.75) is 0 Å². The third-order valence-electron chi connectivity index (χ3n) is 4.30. The standard InChI is InChI=1S/C19H11BrN4O/c20-15-9-8-12(11-21-15)24-18-17(22-16-7-3-4-10-23(16)18)13-5-1-2-6-14(13)19(24)25/h1-11H. The molecule has 5 nitrogen and oxygen atoms in total. The van der Waals surface area contributed by atoms with Gasteiger partial charge in [0.25, 0.3) is 5.56 Å². The maximum Gasteiger partial charge on any atom is 0.264 e. The monoisotopic (exact) mass is 390 g/mol. The van der Waals surface area contributed by atoms with Crippen molar-refractivity contribution in [1.29, 1.82) is 0 Å².